The van der Waals surface area contributed by atoms with Crippen molar-refractivity contribution in [2.75, 3.05) is 0 Å². The zero-order valence-corrected chi connectivity index (χ0v) is 18.3. The third kappa shape index (κ3) is 3.38. The van der Waals surface area contributed by atoms with Crippen molar-refractivity contribution < 1.29 is 13.6 Å². The maximum Gasteiger partial charge on any atom is 0.251 e. The maximum absolute atomic E-state index is 13.3. The largest absolute Gasteiger partial charge is 0.455 e. The van der Waals surface area contributed by atoms with Gasteiger partial charge in [-0.25, -0.2) is 4.39 Å². The van der Waals surface area contributed by atoms with Gasteiger partial charge in [0.2, 0.25) is 0 Å². The standard InChI is InChI=1S/C29H21FN2O2/c30-22-9-5-19(6-10-22)20-7-11-23-25(13-20)27-24-12-8-21(14-26(24)28(23)34-27)29(33)32-16-18-3-1-17(15-31)2-4-18/h1-14H,15-16,31H2,(H,32,33). The van der Waals surface area contributed by atoms with Crippen molar-refractivity contribution in [1.29, 1.82) is 0 Å². The second-order valence-electron chi connectivity index (χ2n) is 8.49. The van der Waals surface area contributed by atoms with Gasteiger partial charge in [0.05, 0.1) is 0 Å². The molecule has 0 spiro atoms. The highest BCUT2D eigenvalue weighted by atomic mass is 19.1. The predicted octanol–water partition coefficient (Wildman–Crippen LogP) is 6.37. The van der Waals surface area contributed by atoms with Gasteiger partial charge in [0.25, 0.3) is 5.91 Å². The minimum atomic E-state index is -0.254. The first-order valence-corrected chi connectivity index (χ1v) is 11.1. The molecular formula is C29H21FN2O2. The number of amides is 1. The molecule has 0 saturated heterocycles. The molecule has 1 amide bonds. The topological polar surface area (TPSA) is 68.3 Å². The lowest BCUT2D eigenvalue weighted by Gasteiger charge is -2.07. The molecule has 0 unspecified atom stereocenters. The molecule has 0 atom stereocenters. The second-order valence-corrected chi connectivity index (χ2v) is 8.49. The summed E-state index contributed by atoms with van der Waals surface area (Å²) in [6, 6.07) is 26.1. The molecular weight excluding hydrogens is 427 g/mol. The molecule has 0 saturated carbocycles. The zero-order chi connectivity index (χ0) is 23.2. The number of halogens is 1. The first-order valence-electron chi connectivity index (χ1n) is 11.1. The number of nitrogens with one attached hydrogen (secondary N) is 1. The monoisotopic (exact) mass is 448 g/mol. The first kappa shape index (κ1) is 20.4. The summed E-state index contributed by atoms with van der Waals surface area (Å²) in [6.45, 7) is 0.943. The van der Waals surface area contributed by atoms with Crippen LogP contribution in [0.15, 0.2) is 89.3 Å². The Morgan fingerprint density at radius 1 is 0.735 bits per heavy atom. The van der Waals surface area contributed by atoms with Crippen LogP contribution in [0.3, 0.4) is 0 Å². The van der Waals surface area contributed by atoms with Crippen LogP contribution in [0.5, 0.6) is 0 Å². The Hall–Kier alpha value is -4.22. The van der Waals surface area contributed by atoms with E-state index in [-0.39, 0.29) is 11.7 Å². The average Bonchev–Trinajstić information content (AvgIpc) is 3.45. The molecule has 4 aromatic carbocycles. The van der Waals surface area contributed by atoms with Crippen LogP contribution in [0.1, 0.15) is 21.5 Å². The van der Waals surface area contributed by atoms with Crippen molar-refractivity contribution >= 4 is 38.6 Å². The van der Waals surface area contributed by atoms with E-state index >= 15 is 0 Å². The van der Waals surface area contributed by atoms with Crippen LogP contribution < -0.4 is 11.1 Å². The molecule has 0 fully saturated rings. The zero-order valence-electron chi connectivity index (χ0n) is 18.3. The van der Waals surface area contributed by atoms with Crippen LogP contribution in [-0.2, 0) is 13.1 Å². The highest BCUT2D eigenvalue weighted by Gasteiger charge is 2.19. The number of hydrogen-bond acceptors (Lipinski definition) is 3. The fourth-order valence-corrected chi connectivity index (χ4v) is 4.51. The third-order valence-corrected chi connectivity index (χ3v) is 6.37. The number of benzene rings is 5. The van der Waals surface area contributed by atoms with E-state index in [2.05, 4.69) is 11.4 Å². The van der Waals surface area contributed by atoms with E-state index in [9.17, 15) is 9.18 Å². The number of rotatable bonds is 5. The van der Waals surface area contributed by atoms with Crippen molar-refractivity contribution in [3.05, 3.63) is 107 Å². The molecule has 4 nitrogen and oxygen atoms in total. The molecule has 3 N–H and O–H groups in total. The van der Waals surface area contributed by atoms with Crippen LogP contribution >= 0.6 is 0 Å². The van der Waals surface area contributed by atoms with E-state index in [1.165, 1.54) is 12.1 Å². The van der Waals surface area contributed by atoms with Gasteiger partial charge in [0.1, 0.15) is 17.0 Å². The Balaban J connectivity index is 1.30. The van der Waals surface area contributed by atoms with E-state index in [4.69, 9.17) is 10.2 Å². The molecule has 6 rings (SSSR count). The van der Waals surface area contributed by atoms with Gasteiger partial charge < -0.3 is 15.5 Å². The lowest BCUT2D eigenvalue weighted by atomic mass is 9.97. The Kier molecular flexibility index (Phi) is 4.78. The van der Waals surface area contributed by atoms with E-state index in [0.717, 1.165) is 55.0 Å². The lowest BCUT2D eigenvalue weighted by Crippen LogP contribution is -2.22. The van der Waals surface area contributed by atoms with Gasteiger partial charge in [-0.1, -0.05) is 42.5 Å². The van der Waals surface area contributed by atoms with Crippen LogP contribution in [-0.4, -0.2) is 5.91 Å². The van der Waals surface area contributed by atoms with Crippen molar-refractivity contribution in [1.82, 2.24) is 5.32 Å². The van der Waals surface area contributed by atoms with Crippen LogP contribution in [0.4, 0.5) is 4.39 Å². The quantitative estimate of drug-likeness (QED) is 0.301. The summed E-state index contributed by atoms with van der Waals surface area (Å²) >= 11 is 0. The molecule has 2 aromatic heterocycles. The van der Waals surface area contributed by atoms with Crippen molar-refractivity contribution in [3.63, 3.8) is 0 Å². The average molecular weight is 448 g/mol. The number of carbonyl (C=O) groups is 1. The minimum Gasteiger partial charge on any atom is -0.455 e. The number of furan rings is 2. The Morgan fingerprint density at radius 3 is 2.06 bits per heavy atom. The summed E-state index contributed by atoms with van der Waals surface area (Å²) in [4.78, 5) is 12.8. The molecule has 34 heavy (non-hydrogen) atoms. The normalized spacial score (nSPS) is 11.6. The summed E-state index contributed by atoms with van der Waals surface area (Å²) < 4.78 is 19.4. The summed E-state index contributed by atoms with van der Waals surface area (Å²) in [5.74, 6) is -0.388. The van der Waals surface area contributed by atoms with E-state index in [1.54, 1.807) is 12.1 Å². The fourth-order valence-electron chi connectivity index (χ4n) is 4.51. The molecule has 0 aliphatic heterocycles. The Labute approximate surface area is 195 Å². The third-order valence-electron chi connectivity index (χ3n) is 6.37. The Bertz CT molecular complexity index is 1650. The second kappa shape index (κ2) is 7.97. The number of carbonyl (C=O) groups excluding carboxylic acids is 1. The van der Waals surface area contributed by atoms with Gasteiger partial charge >= 0.3 is 0 Å². The summed E-state index contributed by atoms with van der Waals surface area (Å²) in [5, 5.41) is 6.91. The van der Waals surface area contributed by atoms with Crippen molar-refractivity contribution in [2.24, 2.45) is 5.73 Å². The van der Waals surface area contributed by atoms with E-state index in [1.807, 2.05) is 54.6 Å². The Morgan fingerprint density at radius 2 is 1.35 bits per heavy atom. The van der Waals surface area contributed by atoms with Crippen LogP contribution in [0.2, 0.25) is 0 Å². The molecule has 2 bridgehead atoms. The smallest absolute Gasteiger partial charge is 0.251 e. The van der Waals surface area contributed by atoms with Crippen molar-refractivity contribution in [2.45, 2.75) is 13.1 Å². The van der Waals surface area contributed by atoms with Gasteiger partial charge in [-0.2, -0.15) is 0 Å². The van der Waals surface area contributed by atoms with Gasteiger partial charge in [-0.15, -0.1) is 0 Å². The SMILES string of the molecule is NCc1ccc(CNC(=O)c2ccc3c(c2)c2oc3c3cc(-c4ccc(F)cc4)ccc32)cc1. The van der Waals surface area contributed by atoms with E-state index in [0.29, 0.717) is 18.7 Å². The molecule has 166 valence electrons. The molecule has 2 heterocycles. The molecule has 5 heteroatoms. The van der Waals surface area contributed by atoms with Gasteiger partial charge in [0, 0.05) is 40.2 Å². The number of hydrogen-bond donors (Lipinski definition) is 2. The maximum atomic E-state index is 13.3. The highest BCUT2D eigenvalue weighted by molar-refractivity contribution is 6.26. The van der Waals surface area contributed by atoms with Crippen LogP contribution in [0.25, 0.3) is 43.8 Å². The number of nitrogens with two attached hydrogens (primary N) is 1. The molecule has 0 aliphatic carbocycles. The predicted molar refractivity (Wildman–Crippen MR) is 133 cm³/mol. The van der Waals surface area contributed by atoms with Gasteiger partial charge in [-0.3, -0.25) is 4.79 Å². The van der Waals surface area contributed by atoms with Gasteiger partial charge in [0.15, 0.2) is 0 Å². The lowest BCUT2D eigenvalue weighted by molar-refractivity contribution is 0.0951. The summed E-state index contributed by atoms with van der Waals surface area (Å²) in [7, 11) is 0. The van der Waals surface area contributed by atoms with Gasteiger partial charge in [-0.05, 0) is 64.7 Å². The molecule has 6 aromatic rings. The molecule has 0 aliphatic rings. The minimum absolute atomic E-state index is 0.133. The summed E-state index contributed by atoms with van der Waals surface area (Å²) in [5.41, 5.74) is 11.8. The first-order chi connectivity index (χ1) is 16.6. The number of fused-ring (bicyclic) bond motifs is 8. The summed E-state index contributed by atoms with van der Waals surface area (Å²) in [6.07, 6.45) is 0. The highest BCUT2D eigenvalue weighted by Crippen LogP contribution is 2.42. The van der Waals surface area contributed by atoms with Crippen molar-refractivity contribution in [3.8, 4) is 11.1 Å². The van der Waals surface area contributed by atoms with Crippen LogP contribution in [0, 0.1) is 5.82 Å². The molecule has 0 radical (unpaired) electrons. The van der Waals surface area contributed by atoms with E-state index < -0.39 is 0 Å². The fraction of sp³-hybridized carbons (Fsp3) is 0.0690.